The van der Waals surface area contributed by atoms with Gasteiger partial charge in [-0.1, -0.05) is 0 Å². The van der Waals surface area contributed by atoms with Crippen molar-refractivity contribution in [3.63, 3.8) is 0 Å². The summed E-state index contributed by atoms with van der Waals surface area (Å²) in [5, 5.41) is 8.78. The first kappa shape index (κ1) is 21.3. The Kier molecular flexibility index (Phi) is 6.59. The van der Waals surface area contributed by atoms with Crippen LogP contribution >= 0.6 is 12.4 Å². The van der Waals surface area contributed by atoms with Crippen molar-refractivity contribution in [2.75, 3.05) is 5.32 Å². The predicted octanol–water partition coefficient (Wildman–Crippen LogP) is 3.79. The van der Waals surface area contributed by atoms with Crippen molar-refractivity contribution in [2.24, 2.45) is 11.7 Å². The highest BCUT2D eigenvalue weighted by molar-refractivity contribution is 5.85. The number of nitrogens with two attached hydrogens (primary N) is 1. The van der Waals surface area contributed by atoms with E-state index in [0.717, 1.165) is 31.7 Å². The first-order chi connectivity index (χ1) is 12.2. The SMILES string of the molecule is CC(N)[C@H]1CC[C@H](Nc2cc(-c3n[nH]c(=O)o3)ccc2C(F)(F)F)CC1.Cl. The number of aromatic nitrogens is 2. The van der Waals surface area contributed by atoms with Crippen molar-refractivity contribution < 1.29 is 17.6 Å². The zero-order valence-electron chi connectivity index (χ0n) is 14.7. The third-order valence-electron chi connectivity index (χ3n) is 4.89. The zero-order chi connectivity index (χ0) is 18.9. The summed E-state index contributed by atoms with van der Waals surface area (Å²) in [6.07, 6.45) is -1.22. The first-order valence-corrected chi connectivity index (χ1v) is 8.53. The topological polar surface area (TPSA) is 96.9 Å². The van der Waals surface area contributed by atoms with Crippen molar-refractivity contribution in [3.8, 4) is 11.5 Å². The minimum Gasteiger partial charge on any atom is -0.388 e. The van der Waals surface area contributed by atoms with E-state index in [-0.39, 0.29) is 36.1 Å². The van der Waals surface area contributed by atoms with Crippen LogP contribution < -0.4 is 16.8 Å². The van der Waals surface area contributed by atoms with Crippen molar-refractivity contribution in [2.45, 2.75) is 50.9 Å². The summed E-state index contributed by atoms with van der Waals surface area (Å²) in [5.41, 5.74) is 5.42. The molecule has 0 amide bonds. The largest absolute Gasteiger partial charge is 0.434 e. The molecule has 3 rings (SSSR count). The van der Waals surface area contributed by atoms with Gasteiger partial charge in [-0.2, -0.15) is 13.2 Å². The molecule has 1 heterocycles. The van der Waals surface area contributed by atoms with E-state index in [1.54, 1.807) is 0 Å². The van der Waals surface area contributed by atoms with Gasteiger partial charge in [-0.25, -0.2) is 9.89 Å². The quantitative estimate of drug-likeness (QED) is 0.717. The van der Waals surface area contributed by atoms with E-state index in [0.29, 0.717) is 11.5 Å². The average Bonchev–Trinajstić information content (AvgIpc) is 3.01. The number of nitrogens with one attached hydrogen (secondary N) is 2. The maximum absolute atomic E-state index is 13.4. The van der Waals surface area contributed by atoms with E-state index in [2.05, 4.69) is 15.5 Å². The molecule has 0 saturated heterocycles. The summed E-state index contributed by atoms with van der Waals surface area (Å²) in [6, 6.07) is 3.56. The molecule has 27 heavy (non-hydrogen) atoms. The second-order valence-electron chi connectivity index (χ2n) is 6.79. The Morgan fingerprint density at radius 2 is 1.96 bits per heavy atom. The number of aromatic amines is 1. The van der Waals surface area contributed by atoms with E-state index >= 15 is 0 Å². The molecule has 1 unspecified atom stereocenters. The number of H-pyrrole nitrogens is 1. The molecule has 1 aromatic heterocycles. The molecule has 0 spiro atoms. The lowest BCUT2D eigenvalue weighted by atomic mass is 9.82. The van der Waals surface area contributed by atoms with E-state index in [1.807, 2.05) is 6.92 Å². The number of benzene rings is 1. The van der Waals surface area contributed by atoms with Gasteiger partial charge in [0.15, 0.2) is 0 Å². The van der Waals surface area contributed by atoms with Gasteiger partial charge in [0.1, 0.15) is 0 Å². The molecule has 1 fully saturated rings. The summed E-state index contributed by atoms with van der Waals surface area (Å²) >= 11 is 0. The Morgan fingerprint density at radius 3 is 2.48 bits per heavy atom. The van der Waals surface area contributed by atoms with E-state index in [4.69, 9.17) is 10.2 Å². The molecule has 0 radical (unpaired) electrons. The zero-order valence-corrected chi connectivity index (χ0v) is 15.5. The summed E-state index contributed by atoms with van der Waals surface area (Å²) in [4.78, 5) is 11.1. The van der Waals surface area contributed by atoms with E-state index < -0.39 is 17.5 Å². The van der Waals surface area contributed by atoms with Gasteiger partial charge in [0.2, 0.25) is 5.89 Å². The summed E-state index contributed by atoms with van der Waals surface area (Å²) in [5.74, 6) is -0.407. The van der Waals surface area contributed by atoms with Gasteiger partial charge < -0.3 is 15.5 Å². The number of rotatable bonds is 4. The van der Waals surface area contributed by atoms with Gasteiger partial charge in [-0.3, -0.25) is 0 Å². The number of hydrogen-bond donors (Lipinski definition) is 3. The molecule has 6 nitrogen and oxygen atoms in total. The second kappa shape index (κ2) is 8.35. The number of alkyl halides is 3. The molecule has 1 saturated carbocycles. The van der Waals surface area contributed by atoms with Crippen LogP contribution in [0.3, 0.4) is 0 Å². The molecule has 1 aliphatic carbocycles. The summed E-state index contributed by atoms with van der Waals surface area (Å²) < 4.78 is 44.9. The molecule has 1 atom stereocenters. The molecular weight excluding hydrogens is 385 g/mol. The molecule has 0 bridgehead atoms. The van der Waals surface area contributed by atoms with Crippen LogP contribution in [0.15, 0.2) is 27.4 Å². The van der Waals surface area contributed by atoms with Gasteiger partial charge >= 0.3 is 11.9 Å². The molecule has 1 aromatic carbocycles. The van der Waals surface area contributed by atoms with Gasteiger partial charge in [-0.15, -0.1) is 17.5 Å². The molecule has 0 aliphatic heterocycles. The maximum Gasteiger partial charge on any atom is 0.434 e. The van der Waals surface area contributed by atoms with Crippen molar-refractivity contribution in [1.82, 2.24) is 10.2 Å². The highest BCUT2D eigenvalue weighted by Crippen LogP contribution is 2.38. The van der Waals surface area contributed by atoms with Gasteiger partial charge in [-0.05, 0) is 56.7 Å². The highest BCUT2D eigenvalue weighted by atomic mass is 35.5. The van der Waals surface area contributed by atoms with Crippen molar-refractivity contribution in [3.05, 3.63) is 34.3 Å². The minimum atomic E-state index is -4.49. The molecule has 2 aromatic rings. The van der Waals surface area contributed by atoms with Crippen LogP contribution in [-0.4, -0.2) is 22.3 Å². The fourth-order valence-electron chi connectivity index (χ4n) is 3.41. The first-order valence-electron chi connectivity index (χ1n) is 8.53. The molecular formula is C17H22ClF3N4O2. The lowest BCUT2D eigenvalue weighted by molar-refractivity contribution is -0.137. The van der Waals surface area contributed by atoms with Crippen LogP contribution in [0.4, 0.5) is 18.9 Å². The monoisotopic (exact) mass is 406 g/mol. The van der Waals surface area contributed by atoms with Crippen LogP contribution in [0.25, 0.3) is 11.5 Å². The summed E-state index contributed by atoms with van der Waals surface area (Å²) in [6.45, 7) is 1.96. The van der Waals surface area contributed by atoms with Crippen LogP contribution in [-0.2, 0) is 6.18 Å². The van der Waals surface area contributed by atoms with Gasteiger partial charge in [0, 0.05) is 23.3 Å². The minimum absolute atomic E-state index is 0. The van der Waals surface area contributed by atoms with E-state index in [9.17, 15) is 18.0 Å². The predicted molar refractivity (Wildman–Crippen MR) is 97.8 cm³/mol. The van der Waals surface area contributed by atoms with Crippen LogP contribution in [0.2, 0.25) is 0 Å². The number of halogens is 4. The third kappa shape index (κ3) is 5.04. The average molecular weight is 407 g/mol. The van der Waals surface area contributed by atoms with Crippen LogP contribution in [0.1, 0.15) is 38.2 Å². The molecule has 4 N–H and O–H groups in total. The Bertz CT molecular complexity index is 811. The molecule has 1 aliphatic rings. The van der Waals surface area contributed by atoms with Crippen molar-refractivity contribution >= 4 is 18.1 Å². The third-order valence-corrected chi connectivity index (χ3v) is 4.89. The molecule has 150 valence electrons. The lowest BCUT2D eigenvalue weighted by Crippen LogP contribution is -2.34. The number of nitrogens with zero attached hydrogens (tertiary/aromatic N) is 1. The van der Waals surface area contributed by atoms with Gasteiger partial charge in [0.25, 0.3) is 0 Å². The van der Waals surface area contributed by atoms with Gasteiger partial charge in [0.05, 0.1) is 5.56 Å². The summed E-state index contributed by atoms with van der Waals surface area (Å²) in [7, 11) is 0. The van der Waals surface area contributed by atoms with Crippen molar-refractivity contribution in [1.29, 1.82) is 0 Å². The standard InChI is InChI=1S/C17H21F3N4O2.ClH/c1-9(21)10-2-5-12(6-3-10)22-14-8-11(15-23-24-16(25)26-15)4-7-13(14)17(18,19)20;/h4,7-10,12,22H,2-3,5-6,21H2,1H3,(H,24,25);1H/t9?,10-,12-;. The Balaban J connectivity index is 0.00000261. The molecule has 10 heteroatoms. The number of hydrogen-bond acceptors (Lipinski definition) is 5. The smallest absolute Gasteiger partial charge is 0.388 e. The normalized spacial score (nSPS) is 21.4. The van der Waals surface area contributed by atoms with E-state index in [1.165, 1.54) is 12.1 Å². The Morgan fingerprint density at radius 1 is 1.30 bits per heavy atom. The fraction of sp³-hybridized carbons (Fsp3) is 0.529. The van der Waals surface area contributed by atoms with Crippen LogP contribution in [0.5, 0.6) is 0 Å². The Hall–Kier alpha value is -2.00. The Labute approximate surface area is 160 Å². The lowest BCUT2D eigenvalue weighted by Gasteiger charge is -2.32. The number of anilines is 1. The van der Waals surface area contributed by atoms with Crippen LogP contribution in [0, 0.1) is 5.92 Å². The second-order valence-corrected chi connectivity index (χ2v) is 6.79. The highest BCUT2D eigenvalue weighted by Gasteiger charge is 2.35. The fourth-order valence-corrected chi connectivity index (χ4v) is 3.41. The maximum atomic E-state index is 13.4.